The summed E-state index contributed by atoms with van der Waals surface area (Å²) in [5.74, 6) is 0. The van der Waals surface area contributed by atoms with Crippen LogP contribution in [0.15, 0.2) is 194 Å². The normalized spacial score (nSPS) is 11.5. The van der Waals surface area contributed by atoms with Crippen molar-refractivity contribution < 1.29 is 0 Å². The summed E-state index contributed by atoms with van der Waals surface area (Å²) in [7, 11) is 0. The van der Waals surface area contributed by atoms with Gasteiger partial charge in [-0.05, 0) is 96.1 Å². The first-order chi connectivity index (χ1) is 25.8. The van der Waals surface area contributed by atoms with Crippen LogP contribution in [0, 0.1) is 0 Å². The molecule has 0 unspecified atom stereocenters. The molecule has 246 valence electrons. The fraction of sp³-hybridized carbons (Fsp3) is 0. The lowest BCUT2D eigenvalue weighted by Crippen LogP contribution is -2.10. The van der Waals surface area contributed by atoms with Crippen molar-refractivity contribution in [2.45, 2.75) is 0 Å². The van der Waals surface area contributed by atoms with E-state index in [1.165, 1.54) is 57.2 Å². The van der Waals surface area contributed by atoms with Crippen LogP contribution in [0.25, 0.3) is 51.5 Å². The topological polar surface area (TPSA) is 6.48 Å². The third kappa shape index (κ3) is 5.32. The Labute approximate surface area is 310 Å². The number of hydrogen-bond donors (Lipinski definition) is 0. The second-order valence-corrected chi connectivity index (χ2v) is 15.1. The van der Waals surface area contributed by atoms with Crippen molar-refractivity contribution in [2.24, 2.45) is 0 Å². The van der Waals surface area contributed by atoms with Crippen molar-refractivity contribution in [3.8, 4) is 11.1 Å². The highest BCUT2D eigenvalue weighted by Gasteiger charge is 2.21. The van der Waals surface area contributed by atoms with E-state index in [1.807, 2.05) is 22.7 Å². The van der Waals surface area contributed by atoms with Crippen molar-refractivity contribution in [1.82, 2.24) is 0 Å². The lowest BCUT2D eigenvalue weighted by molar-refractivity contribution is 1.29. The summed E-state index contributed by atoms with van der Waals surface area (Å²) >= 11 is 3.72. The molecule has 0 spiro atoms. The summed E-state index contributed by atoms with van der Waals surface area (Å²) in [6.45, 7) is 0. The Balaban J connectivity index is 1.19. The molecule has 0 atom stereocenters. The number of benzene rings is 8. The van der Waals surface area contributed by atoms with Crippen molar-refractivity contribution in [3.63, 3.8) is 0 Å². The summed E-state index contributed by atoms with van der Waals surface area (Å²) in [5.41, 5.74) is 9.24. The van der Waals surface area contributed by atoms with Gasteiger partial charge in [-0.3, -0.25) is 0 Å². The zero-order valence-corrected chi connectivity index (χ0v) is 29.8. The van der Waals surface area contributed by atoms with Gasteiger partial charge in [-0.25, -0.2) is 0 Å². The number of rotatable bonds is 7. The minimum Gasteiger partial charge on any atom is -0.310 e. The Hall–Kier alpha value is -6.20. The van der Waals surface area contributed by atoms with Gasteiger partial charge >= 0.3 is 0 Å². The lowest BCUT2D eigenvalue weighted by atomic mass is 10.0. The first-order valence-corrected chi connectivity index (χ1v) is 19.1. The predicted octanol–water partition coefficient (Wildman–Crippen LogP) is 15.0. The number of thiophene rings is 2. The molecule has 0 saturated carbocycles. The average Bonchev–Trinajstić information content (AvgIpc) is 3.78. The van der Waals surface area contributed by atoms with Crippen LogP contribution in [-0.2, 0) is 0 Å². The number of para-hydroxylation sites is 2. The summed E-state index contributed by atoms with van der Waals surface area (Å²) in [5, 5.41) is 5.12. The monoisotopic (exact) mass is 700 g/mol. The smallest absolute Gasteiger partial charge is 0.0554 e. The van der Waals surface area contributed by atoms with Gasteiger partial charge in [-0.15, -0.1) is 22.7 Å². The van der Waals surface area contributed by atoms with Crippen LogP contribution in [0.1, 0.15) is 0 Å². The standard InChI is InChI=1S/C48H32N2S2/c1-4-13-33(14-5-1)34-23-25-37(26-24-34)50(39-27-29-41-40-19-10-11-21-44(40)52-47(41)32-39)43-20-12-22-46-48(43)42-31-38(28-30-45(42)51-46)49(35-15-6-2-7-16-35)36-17-8-3-9-18-36/h1-32H. The number of fused-ring (bicyclic) bond motifs is 6. The Morgan fingerprint density at radius 2 is 0.808 bits per heavy atom. The van der Waals surface area contributed by atoms with E-state index in [0.29, 0.717) is 0 Å². The second-order valence-electron chi connectivity index (χ2n) is 13.0. The van der Waals surface area contributed by atoms with Crippen LogP contribution in [0.3, 0.4) is 0 Å². The van der Waals surface area contributed by atoms with Gasteiger partial charge in [0.1, 0.15) is 0 Å². The maximum Gasteiger partial charge on any atom is 0.0554 e. The molecule has 2 heterocycles. The fourth-order valence-electron chi connectivity index (χ4n) is 7.44. The average molecular weight is 701 g/mol. The Morgan fingerprint density at radius 1 is 0.288 bits per heavy atom. The highest BCUT2D eigenvalue weighted by atomic mass is 32.1. The van der Waals surface area contributed by atoms with Gasteiger partial charge in [-0.1, -0.05) is 109 Å². The van der Waals surface area contributed by atoms with E-state index < -0.39 is 0 Å². The largest absolute Gasteiger partial charge is 0.310 e. The van der Waals surface area contributed by atoms with E-state index in [9.17, 15) is 0 Å². The third-order valence-corrected chi connectivity index (χ3v) is 12.1. The Kier molecular flexibility index (Phi) is 7.56. The highest BCUT2D eigenvalue weighted by Crippen LogP contribution is 2.48. The molecular weight excluding hydrogens is 669 g/mol. The molecule has 2 nitrogen and oxygen atoms in total. The fourth-order valence-corrected chi connectivity index (χ4v) is 9.68. The maximum absolute atomic E-state index is 2.45. The van der Waals surface area contributed by atoms with E-state index in [2.05, 4.69) is 204 Å². The van der Waals surface area contributed by atoms with Crippen LogP contribution in [0.5, 0.6) is 0 Å². The first kappa shape index (κ1) is 30.6. The van der Waals surface area contributed by atoms with Crippen LogP contribution < -0.4 is 9.80 Å². The number of anilines is 6. The lowest BCUT2D eigenvalue weighted by Gasteiger charge is -2.27. The molecule has 10 aromatic rings. The molecule has 0 aliphatic heterocycles. The van der Waals surface area contributed by atoms with Crippen molar-refractivity contribution in [3.05, 3.63) is 194 Å². The van der Waals surface area contributed by atoms with Crippen LogP contribution >= 0.6 is 22.7 Å². The Bertz CT molecular complexity index is 2800. The molecular formula is C48H32N2S2. The van der Waals surface area contributed by atoms with Gasteiger partial charge in [0.05, 0.1) is 5.69 Å². The second kappa shape index (κ2) is 12.8. The van der Waals surface area contributed by atoms with Gasteiger partial charge in [0, 0.05) is 68.8 Å². The molecule has 0 radical (unpaired) electrons. The van der Waals surface area contributed by atoms with Crippen molar-refractivity contribution >= 4 is 97.1 Å². The van der Waals surface area contributed by atoms with Gasteiger partial charge < -0.3 is 9.80 Å². The minimum absolute atomic E-state index is 1.12. The Morgan fingerprint density at radius 3 is 1.56 bits per heavy atom. The van der Waals surface area contributed by atoms with Gasteiger partial charge in [0.2, 0.25) is 0 Å². The van der Waals surface area contributed by atoms with E-state index in [4.69, 9.17) is 0 Å². The summed E-state index contributed by atoms with van der Waals surface area (Å²) in [6, 6.07) is 70.3. The molecule has 52 heavy (non-hydrogen) atoms. The predicted molar refractivity (Wildman–Crippen MR) is 227 cm³/mol. The molecule has 0 amide bonds. The molecule has 2 aromatic heterocycles. The summed E-state index contributed by atoms with van der Waals surface area (Å²) < 4.78 is 5.14. The summed E-state index contributed by atoms with van der Waals surface area (Å²) in [6.07, 6.45) is 0. The SMILES string of the molecule is c1ccc(-c2ccc(N(c3ccc4c(c3)sc3ccccc34)c3cccc4sc5ccc(N(c6ccccc6)c6ccccc6)cc5c34)cc2)cc1. The molecule has 0 N–H and O–H groups in total. The third-order valence-electron chi connectivity index (χ3n) is 9.84. The zero-order valence-electron chi connectivity index (χ0n) is 28.2. The quantitative estimate of drug-likeness (QED) is 0.163. The minimum atomic E-state index is 1.12. The van der Waals surface area contributed by atoms with E-state index >= 15 is 0 Å². The van der Waals surface area contributed by atoms with Gasteiger partial charge in [0.25, 0.3) is 0 Å². The molecule has 8 aromatic carbocycles. The molecule has 10 rings (SSSR count). The van der Waals surface area contributed by atoms with Crippen LogP contribution in [0.4, 0.5) is 34.1 Å². The molecule has 0 bridgehead atoms. The maximum atomic E-state index is 2.45. The van der Waals surface area contributed by atoms with Crippen molar-refractivity contribution in [2.75, 3.05) is 9.80 Å². The molecule has 0 aliphatic carbocycles. The molecule has 0 aliphatic rings. The highest BCUT2D eigenvalue weighted by molar-refractivity contribution is 7.26. The molecule has 0 saturated heterocycles. The van der Waals surface area contributed by atoms with E-state index in [-0.39, 0.29) is 0 Å². The number of hydrogen-bond acceptors (Lipinski definition) is 4. The number of nitrogens with zero attached hydrogens (tertiary/aromatic N) is 2. The van der Waals surface area contributed by atoms with E-state index in [1.54, 1.807) is 0 Å². The summed E-state index contributed by atoms with van der Waals surface area (Å²) in [4.78, 5) is 4.80. The van der Waals surface area contributed by atoms with Crippen LogP contribution in [0.2, 0.25) is 0 Å². The first-order valence-electron chi connectivity index (χ1n) is 17.5. The van der Waals surface area contributed by atoms with Crippen LogP contribution in [-0.4, -0.2) is 0 Å². The molecule has 4 heteroatoms. The van der Waals surface area contributed by atoms with Crippen molar-refractivity contribution in [1.29, 1.82) is 0 Å². The van der Waals surface area contributed by atoms with Gasteiger partial charge in [0.15, 0.2) is 0 Å². The van der Waals surface area contributed by atoms with Gasteiger partial charge in [-0.2, -0.15) is 0 Å². The van der Waals surface area contributed by atoms with E-state index in [0.717, 1.165) is 28.4 Å². The zero-order chi connectivity index (χ0) is 34.4. The molecule has 0 fully saturated rings.